The van der Waals surface area contributed by atoms with E-state index >= 15 is 0 Å². The van der Waals surface area contributed by atoms with Crippen LogP contribution in [0.5, 0.6) is 0 Å². The van der Waals surface area contributed by atoms with Crippen LogP contribution in [0, 0.1) is 5.82 Å². The number of nitrogens with zero attached hydrogens (tertiary/aromatic N) is 3. The molecular weight excluding hydrogens is 361 g/mol. The molecule has 1 aromatic carbocycles. The number of hydrogen-bond donors (Lipinski definition) is 0. The van der Waals surface area contributed by atoms with Crippen molar-refractivity contribution < 1.29 is 18.5 Å². The summed E-state index contributed by atoms with van der Waals surface area (Å²) in [4.78, 5) is 28.3. The minimum absolute atomic E-state index is 0.115. The normalized spacial score (nSPS) is 18.2. The van der Waals surface area contributed by atoms with E-state index < -0.39 is 0 Å². The van der Waals surface area contributed by atoms with Crippen LogP contribution in [0.2, 0.25) is 0 Å². The molecule has 3 heterocycles. The Bertz CT molecular complexity index is 852. The summed E-state index contributed by atoms with van der Waals surface area (Å²) in [5.41, 5.74) is 1.38. The summed E-state index contributed by atoms with van der Waals surface area (Å²) >= 11 is 0. The average Bonchev–Trinajstić information content (AvgIpc) is 3.38. The maximum absolute atomic E-state index is 13.6. The minimum atomic E-state index is -0.298. The van der Waals surface area contributed by atoms with Gasteiger partial charge in [-0.25, -0.2) is 4.39 Å². The number of carbonyl (C=O) groups is 2. The molecule has 2 amide bonds. The van der Waals surface area contributed by atoms with Gasteiger partial charge in [0.15, 0.2) is 5.58 Å². The van der Waals surface area contributed by atoms with Crippen molar-refractivity contribution >= 4 is 22.8 Å². The predicted molar refractivity (Wildman–Crippen MR) is 102 cm³/mol. The second-order valence-corrected chi connectivity index (χ2v) is 7.80. The monoisotopic (exact) mass is 387 g/mol. The zero-order valence-electron chi connectivity index (χ0n) is 16.0. The van der Waals surface area contributed by atoms with Crippen LogP contribution in [0.25, 0.3) is 11.0 Å². The van der Waals surface area contributed by atoms with Gasteiger partial charge >= 0.3 is 0 Å². The van der Waals surface area contributed by atoms with Crippen LogP contribution in [0.1, 0.15) is 56.6 Å². The van der Waals surface area contributed by atoms with Crippen LogP contribution in [0.15, 0.2) is 22.7 Å². The van der Waals surface area contributed by atoms with Gasteiger partial charge in [-0.15, -0.1) is 0 Å². The van der Waals surface area contributed by atoms with Crippen molar-refractivity contribution in [2.75, 3.05) is 26.2 Å². The molecule has 2 aliphatic heterocycles. The van der Waals surface area contributed by atoms with Gasteiger partial charge in [-0.2, -0.15) is 0 Å². The van der Waals surface area contributed by atoms with Gasteiger partial charge in [-0.3, -0.25) is 9.59 Å². The van der Waals surface area contributed by atoms with Gasteiger partial charge in [0, 0.05) is 50.3 Å². The van der Waals surface area contributed by atoms with Crippen molar-refractivity contribution in [1.82, 2.24) is 15.0 Å². The molecule has 0 atom stereocenters. The molecule has 1 aromatic heterocycles. The number of fused-ring (bicyclic) bond motifs is 1. The van der Waals surface area contributed by atoms with Crippen LogP contribution in [-0.2, 0) is 9.59 Å². The Kier molecular flexibility index (Phi) is 5.59. The van der Waals surface area contributed by atoms with Crippen molar-refractivity contribution in [3.8, 4) is 0 Å². The summed E-state index contributed by atoms with van der Waals surface area (Å²) in [5.74, 6) is 0.162. The van der Waals surface area contributed by atoms with Crippen molar-refractivity contribution in [2.45, 2.75) is 50.9 Å². The summed E-state index contributed by atoms with van der Waals surface area (Å²) in [6, 6.07) is 4.44. The van der Waals surface area contributed by atoms with E-state index in [4.69, 9.17) is 4.52 Å². The Morgan fingerprint density at radius 1 is 1.04 bits per heavy atom. The minimum Gasteiger partial charge on any atom is -0.356 e. The first-order valence-electron chi connectivity index (χ1n) is 10.2. The Balaban J connectivity index is 1.26. The van der Waals surface area contributed by atoms with Gasteiger partial charge in [0.05, 0.1) is 5.69 Å². The van der Waals surface area contributed by atoms with Gasteiger partial charge in [0.25, 0.3) is 0 Å². The molecule has 2 aromatic rings. The molecule has 4 rings (SSSR count). The molecule has 0 bridgehead atoms. The molecule has 2 saturated heterocycles. The van der Waals surface area contributed by atoms with E-state index in [-0.39, 0.29) is 23.5 Å². The van der Waals surface area contributed by atoms with E-state index in [1.54, 1.807) is 6.07 Å². The molecule has 0 radical (unpaired) electrons. The Morgan fingerprint density at radius 3 is 2.36 bits per heavy atom. The van der Waals surface area contributed by atoms with Gasteiger partial charge in [-0.1, -0.05) is 5.16 Å². The topological polar surface area (TPSA) is 66.7 Å². The van der Waals surface area contributed by atoms with Crippen LogP contribution >= 0.6 is 0 Å². The highest BCUT2D eigenvalue weighted by Gasteiger charge is 2.27. The largest absolute Gasteiger partial charge is 0.356 e. The van der Waals surface area contributed by atoms with Crippen molar-refractivity contribution in [2.24, 2.45) is 0 Å². The molecule has 2 fully saturated rings. The number of hydrogen-bond acceptors (Lipinski definition) is 4. The van der Waals surface area contributed by atoms with E-state index in [1.807, 2.05) is 9.80 Å². The van der Waals surface area contributed by atoms with Crippen molar-refractivity contribution in [1.29, 1.82) is 0 Å². The molecular formula is C21H26FN3O3. The number of rotatable bonds is 5. The molecule has 7 heteroatoms. The predicted octanol–water partition coefficient (Wildman–Crippen LogP) is 3.47. The molecule has 2 aliphatic rings. The Hall–Kier alpha value is -2.44. The number of aromatic nitrogens is 1. The van der Waals surface area contributed by atoms with E-state index in [1.165, 1.54) is 12.1 Å². The Morgan fingerprint density at radius 2 is 1.68 bits per heavy atom. The number of carbonyl (C=O) groups excluding carboxylic acids is 2. The fourth-order valence-electron chi connectivity index (χ4n) is 4.30. The van der Waals surface area contributed by atoms with E-state index in [9.17, 15) is 14.0 Å². The lowest BCUT2D eigenvalue weighted by Crippen LogP contribution is -2.38. The molecule has 0 aliphatic carbocycles. The molecule has 0 spiro atoms. The van der Waals surface area contributed by atoms with Gasteiger partial charge in [0.2, 0.25) is 11.8 Å². The highest BCUT2D eigenvalue weighted by molar-refractivity contribution is 5.80. The highest BCUT2D eigenvalue weighted by Crippen LogP contribution is 2.33. The van der Waals surface area contributed by atoms with Crippen LogP contribution in [-0.4, -0.2) is 52.9 Å². The maximum Gasteiger partial charge on any atom is 0.222 e. The van der Waals surface area contributed by atoms with Gasteiger partial charge in [0.1, 0.15) is 5.82 Å². The molecule has 0 unspecified atom stereocenters. The fourth-order valence-corrected chi connectivity index (χ4v) is 4.30. The third kappa shape index (κ3) is 4.03. The average molecular weight is 387 g/mol. The molecule has 6 nitrogen and oxygen atoms in total. The van der Waals surface area contributed by atoms with E-state index in [0.717, 1.165) is 49.9 Å². The summed E-state index contributed by atoms with van der Waals surface area (Å²) < 4.78 is 18.9. The van der Waals surface area contributed by atoms with Gasteiger partial charge < -0.3 is 14.3 Å². The standard InChI is InChI=1S/C21H26FN3O3/c22-16-6-7-18-17(14-16)21(23-28-18)15-8-12-25(13-9-15)20(27)5-3-4-19(26)24-10-1-2-11-24/h6-7,14-15H,1-5,8-13H2. The lowest BCUT2D eigenvalue weighted by molar-refractivity contribution is -0.133. The summed E-state index contributed by atoms with van der Waals surface area (Å²) in [6.45, 7) is 3.04. The van der Waals surface area contributed by atoms with E-state index in [2.05, 4.69) is 5.16 Å². The zero-order valence-corrected chi connectivity index (χ0v) is 16.0. The molecule has 0 saturated carbocycles. The number of benzene rings is 1. The maximum atomic E-state index is 13.6. The third-order valence-corrected chi connectivity index (χ3v) is 5.93. The lowest BCUT2D eigenvalue weighted by Gasteiger charge is -2.31. The first kappa shape index (κ1) is 18.9. The van der Waals surface area contributed by atoms with Crippen LogP contribution in [0.4, 0.5) is 4.39 Å². The Labute approximate surface area is 163 Å². The van der Waals surface area contributed by atoms with Crippen molar-refractivity contribution in [3.05, 3.63) is 29.7 Å². The summed E-state index contributed by atoms with van der Waals surface area (Å²) in [7, 11) is 0. The number of halogens is 1. The first-order valence-corrected chi connectivity index (χ1v) is 10.2. The van der Waals surface area contributed by atoms with Crippen LogP contribution < -0.4 is 0 Å². The molecule has 150 valence electrons. The smallest absolute Gasteiger partial charge is 0.222 e. The van der Waals surface area contributed by atoms with Gasteiger partial charge in [-0.05, 0) is 50.3 Å². The quantitative estimate of drug-likeness (QED) is 0.788. The third-order valence-electron chi connectivity index (χ3n) is 5.93. The SMILES string of the molecule is O=C(CCCC(=O)N1CCC(c2noc3ccc(F)cc23)CC1)N1CCCC1. The summed E-state index contributed by atoms with van der Waals surface area (Å²) in [5, 5.41) is 4.88. The summed E-state index contributed by atoms with van der Waals surface area (Å²) in [6.07, 6.45) is 5.25. The van der Waals surface area contributed by atoms with E-state index in [0.29, 0.717) is 37.9 Å². The number of piperidine rings is 1. The van der Waals surface area contributed by atoms with Crippen molar-refractivity contribution in [3.63, 3.8) is 0 Å². The zero-order chi connectivity index (χ0) is 19.5. The highest BCUT2D eigenvalue weighted by atomic mass is 19.1. The molecule has 0 N–H and O–H groups in total. The fraction of sp³-hybridized carbons (Fsp3) is 0.571. The van der Waals surface area contributed by atoms with Crippen LogP contribution in [0.3, 0.4) is 0 Å². The lowest BCUT2D eigenvalue weighted by atomic mass is 9.91. The number of likely N-dealkylation sites (tertiary alicyclic amines) is 2. The second kappa shape index (κ2) is 8.29. The molecule has 28 heavy (non-hydrogen) atoms. The number of amides is 2. The first-order chi connectivity index (χ1) is 13.6. The second-order valence-electron chi connectivity index (χ2n) is 7.80.